The maximum Gasteiger partial charge on any atom is 1.00 e. The number of alkyl halides is 2. The van der Waals surface area contributed by atoms with E-state index in [2.05, 4.69) is 169 Å². The zero-order valence-corrected chi connectivity index (χ0v) is 39.6. The second-order valence-corrected chi connectivity index (χ2v) is 22.5. The Labute approximate surface area is 382 Å². The van der Waals surface area contributed by atoms with E-state index < -0.39 is 29.4 Å². The van der Waals surface area contributed by atoms with Gasteiger partial charge < -0.3 is 9.47 Å². The quantitative estimate of drug-likeness (QED) is 0.0500. The first-order valence-corrected chi connectivity index (χ1v) is 25.8. The topological polar surface area (TPSA) is 44.2 Å². The summed E-state index contributed by atoms with van der Waals surface area (Å²) in [6, 6.07) is 56.3. The van der Waals surface area contributed by atoms with Crippen LogP contribution in [-0.4, -0.2) is 45.6 Å². The van der Waals surface area contributed by atoms with E-state index in [1.165, 1.54) is 21.2 Å². The third-order valence-corrected chi connectivity index (χ3v) is 15.1. The first-order valence-electron chi connectivity index (χ1n) is 19.3. The molecule has 7 aromatic rings. The molecule has 1 saturated heterocycles. The summed E-state index contributed by atoms with van der Waals surface area (Å²) in [5.74, 6) is -0.573. The number of halogens is 8. The molecule has 16 heteroatoms. The Morgan fingerprint density at radius 3 is 1.00 bits per heavy atom. The molecule has 0 spiro atoms. The minimum absolute atomic E-state index is 0. The van der Waals surface area contributed by atoms with Crippen molar-refractivity contribution in [2.45, 2.75) is 45.7 Å². The standard InChI is InChI=1S/C31H32O2P2.C14H12N2.CH2Cl2.Cu.F6P/c1-31(2)32-29(23-34(25-15-7-3-8-16-25)26-17-9-4-10-18-26)30(33-31)24-35(27-19-11-5-12-20-27)28-21-13-6-14-22-28;1-9-3-5-11-7-8-12-6-4-10(2)16-14(12)13(11)15-9;2-1-3;;1-7(2,3,4,5)6/h3-22,29-30H,23-24H2,1-2H3;3-8H,1-2H3;1H2;;/q;;;+1;-1/p+2/t29-,30-;;;;/m0..../s1. The molecule has 3 heterocycles. The zero-order chi connectivity index (χ0) is 44.3. The van der Waals surface area contributed by atoms with Gasteiger partial charge in [-0.25, -0.2) is 0 Å². The Kier molecular flexibility index (Phi) is 18.0. The van der Waals surface area contributed by atoms with E-state index in [0.29, 0.717) is 0 Å². The molecule has 2 atom stereocenters. The number of hydrogen-bond acceptors (Lipinski definition) is 4. The SMILES string of the molecule is CC1(C)O[C@@H](C[PH+](c2ccccc2)c2ccccc2)[C@H](C[PH+](c2ccccc2)c2ccccc2)O1.Cc1ccc2ccc3ccc(C)nc3c2n1.ClCCl.F[P-](F)(F)(F)(F)F.[Cu+]. The average molecular weight is 1000 g/mol. The minimum Gasteiger partial charge on any atom is 1.00 e. The second kappa shape index (κ2) is 21.7. The number of aromatic nitrogens is 2. The van der Waals surface area contributed by atoms with Crippen molar-refractivity contribution in [3.63, 3.8) is 0 Å². The Bertz CT molecular complexity index is 2220. The summed E-state index contributed by atoms with van der Waals surface area (Å²) < 4.78 is 72.4. The number of pyridine rings is 2. The number of benzene rings is 5. The van der Waals surface area contributed by atoms with Gasteiger partial charge in [0, 0.05) is 22.2 Å². The van der Waals surface area contributed by atoms with Crippen molar-refractivity contribution in [1.29, 1.82) is 0 Å². The van der Waals surface area contributed by atoms with Gasteiger partial charge in [-0.3, -0.25) is 9.97 Å². The van der Waals surface area contributed by atoms with Gasteiger partial charge in [-0.15, -0.1) is 23.2 Å². The van der Waals surface area contributed by atoms with Crippen LogP contribution in [0.25, 0.3) is 21.8 Å². The summed E-state index contributed by atoms with van der Waals surface area (Å²) in [4.78, 5) is 9.16. The summed E-state index contributed by atoms with van der Waals surface area (Å²) in [6.45, 7) is 8.14. The molecule has 4 nitrogen and oxygen atoms in total. The Hall–Kier alpha value is -3.19. The number of ether oxygens (including phenoxy) is 2. The first kappa shape index (κ1) is 51.4. The van der Waals surface area contributed by atoms with Crippen LogP contribution >= 0.6 is 46.9 Å². The van der Waals surface area contributed by atoms with E-state index in [4.69, 9.17) is 32.7 Å². The second-order valence-electron chi connectivity index (χ2n) is 14.7. The summed E-state index contributed by atoms with van der Waals surface area (Å²) >= 11 is 9.53. The van der Waals surface area contributed by atoms with Crippen LogP contribution < -0.4 is 21.2 Å². The normalized spacial score (nSPS) is 16.7. The fraction of sp³-hybridized carbons (Fsp3) is 0.217. The Morgan fingerprint density at radius 2 is 0.742 bits per heavy atom. The van der Waals surface area contributed by atoms with Crippen molar-refractivity contribution in [2.75, 3.05) is 17.7 Å². The maximum atomic E-state index is 9.87. The smallest absolute Gasteiger partial charge is 1.00 e. The van der Waals surface area contributed by atoms with Gasteiger partial charge in [0.05, 0.1) is 65.8 Å². The van der Waals surface area contributed by atoms with Crippen molar-refractivity contribution >= 4 is 89.9 Å². The number of hydrogen-bond donors (Lipinski definition) is 0. The fourth-order valence-corrected chi connectivity index (χ4v) is 12.5. The van der Waals surface area contributed by atoms with Crippen LogP contribution in [0.4, 0.5) is 25.2 Å². The predicted molar refractivity (Wildman–Crippen MR) is 251 cm³/mol. The fourth-order valence-electron chi connectivity index (χ4n) is 6.98. The van der Waals surface area contributed by atoms with Crippen molar-refractivity contribution in [3.05, 3.63) is 169 Å². The molecule has 1 aliphatic heterocycles. The monoisotopic (exact) mass is 1000 g/mol. The summed E-state index contributed by atoms with van der Waals surface area (Å²) in [6.07, 6.45) is 2.11. The molecule has 1 fully saturated rings. The molecule has 8 rings (SSSR count). The van der Waals surface area contributed by atoms with Gasteiger partial charge in [0.25, 0.3) is 0 Å². The van der Waals surface area contributed by atoms with Crippen molar-refractivity contribution < 1.29 is 51.7 Å². The molecule has 62 heavy (non-hydrogen) atoms. The summed E-state index contributed by atoms with van der Waals surface area (Å²) in [7, 11) is -12.7. The van der Waals surface area contributed by atoms with E-state index in [1.807, 2.05) is 26.0 Å². The molecule has 334 valence electrons. The van der Waals surface area contributed by atoms with Crippen molar-refractivity contribution in [1.82, 2.24) is 9.97 Å². The van der Waals surface area contributed by atoms with E-state index in [0.717, 1.165) is 45.5 Å². The van der Waals surface area contributed by atoms with Crippen LogP contribution in [0.1, 0.15) is 25.2 Å². The van der Waals surface area contributed by atoms with Gasteiger partial charge in [0.1, 0.15) is 12.2 Å². The predicted octanol–water partition coefficient (Wildman–Crippen LogP) is 13.4. The molecule has 0 saturated carbocycles. The van der Waals surface area contributed by atoms with Crippen LogP contribution in [0.5, 0.6) is 0 Å². The molecule has 0 N–H and O–H groups in total. The molecule has 0 bridgehead atoms. The largest absolute Gasteiger partial charge is 1.00 e. The van der Waals surface area contributed by atoms with Gasteiger partial charge in [-0.05, 0) is 88.4 Å². The molecule has 5 aromatic carbocycles. The van der Waals surface area contributed by atoms with Crippen LogP contribution in [0.3, 0.4) is 0 Å². The number of nitrogens with zero attached hydrogens (tertiary/aromatic N) is 2. The van der Waals surface area contributed by atoms with Crippen LogP contribution in [0.2, 0.25) is 0 Å². The Balaban J connectivity index is 0.000000257. The summed E-state index contributed by atoms with van der Waals surface area (Å²) in [5, 5.41) is 8.19. The molecular formula is C46H48Cl2CuF6N2O2P3+2. The van der Waals surface area contributed by atoms with Gasteiger partial charge in [-0.1, -0.05) is 97.1 Å². The number of rotatable bonds is 8. The average Bonchev–Trinajstić information content (AvgIpc) is 3.51. The molecule has 0 aliphatic carbocycles. The maximum absolute atomic E-state index is 10.7. The van der Waals surface area contributed by atoms with Crippen LogP contribution in [0, 0.1) is 13.8 Å². The van der Waals surface area contributed by atoms with Crippen LogP contribution in [-0.2, 0) is 26.5 Å². The number of fused-ring (bicyclic) bond motifs is 3. The molecule has 0 amide bonds. The zero-order valence-electron chi connectivity index (χ0n) is 34.3. The summed E-state index contributed by atoms with van der Waals surface area (Å²) in [5.41, 5.74) is 4.06. The Morgan fingerprint density at radius 1 is 0.500 bits per heavy atom. The first-order chi connectivity index (χ1) is 28.7. The molecular weight excluding hydrogens is 954 g/mol. The van der Waals surface area contributed by atoms with Gasteiger partial charge in [0.15, 0.2) is 5.79 Å². The van der Waals surface area contributed by atoms with Crippen LogP contribution in [0.15, 0.2) is 158 Å². The molecule has 1 aliphatic rings. The van der Waals surface area contributed by atoms with E-state index in [9.17, 15) is 25.2 Å². The number of aryl methyl sites for hydroxylation is 2. The van der Waals surface area contributed by atoms with Crippen molar-refractivity contribution in [2.24, 2.45) is 0 Å². The molecule has 0 unspecified atom stereocenters. The van der Waals surface area contributed by atoms with E-state index in [-0.39, 0.29) is 34.6 Å². The van der Waals surface area contributed by atoms with E-state index in [1.54, 1.807) is 0 Å². The van der Waals surface area contributed by atoms with Gasteiger partial charge >= 0.3 is 50.1 Å². The minimum atomic E-state index is -10.7. The van der Waals surface area contributed by atoms with Gasteiger partial charge in [0.2, 0.25) is 0 Å². The van der Waals surface area contributed by atoms with Gasteiger partial charge in [-0.2, -0.15) is 0 Å². The van der Waals surface area contributed by atoms with E-state index >= 15 is 0 Å². The third kappa shape index (κ3) is 17.1. The van der Waals surface area contributed by atoms with Crippen molar-refractivity contribution in [3.8, 4) is 0 Å². The third-order valence-electron chi connectivity index (χ3n) is 9.38. The molecule has 2 aromatic heterocycles. The molecule has 0 radical (unpaired) electrons.